The van der Waals surface area contributed by atoms with Crippen molar-refractivity contribution in [1.82, 2.24) is 5.01 Å². The lowest BCUT2D eigenvalue weighted by atomic mass is 9.73. The van der Waals surface area contributed by atoms with Gasteiger partial charge in [-0.05, 0) is 65.8 Å². The quantitative estimate of drug-likeness (QED) is 0.562. The lowest BCUT2D eigenvalue weighted by Gasteiger charge is -2.32. The fourth-order valence-corrected chi connectivity index (χ4v) is 4.56. The predicted octanol–water partition coefficient (Wildman–Crippen LogP) is 6.38. The number of fused-ring (bicyclic) bond motifs is 1. The minimum absolute atomic E-state index is 0.0413. The summed E-state index contributed by atoms with van der Waals surface area (Å²) in [6.07, 6.45) is 4.14. The number of halogens is 2. The summed E-state index contributed by atoms with van der Waals surface area (Å²) in [6.45, 7) is 3.85. The summed E-state index contributed by atoms with van der Waals surface area (Å²) in [5.41, 5.74) is 4.40. The summed E-state index contributed by atoms with van der Waals surface area (Å²) in [4.78, 5) is 12.4. The second kappa shape index (κ2) is 7.73. The second-order valence-corrected chi connectivity index (χ2v) is 8.59. The van der Waals surface area contributed by atoms with Gasteiger partial charge >= 0.3 is 0 Å². The van der Waals surface area contributed by atoms with E-state index in [1.165, 1.54) is 5.57 Å². The van der Waals surface area contributed by atoms with Crippen molar-refractivity contribution in [2.24, 2.45) is 16.9 Å². The number of hydrogen-bond acceptors (Lipinski definition) is 2. The van der Waals surface area contributed by atoms with Crippen LogP contribution in [-0.4, -0.2) is 16.6 Å². The standard InChI is InChI=1S/C23H22Cl2N2O/c1-14-11-18(13-16-3-7-19(24)8-4-16)22-21(12-14)23(27(26-22)15(2)28)17-5-9-20(25)10-6-17/h3-10,13-14,21,23H,11-12H2,1-2H3/b18-13-/t14-,21+,23-/m0/s1. The Bertz CT molecular complexity index is 948. The molecular weight excluding hydrogens is 391 g/mol. The number of benzene rings is 2. The Morgan fingerprint density at radius 1 is 1.07 bits per heavy atom. The van der Waals surface area contributed by atoms with Crippen molar-refractivity contribution in [1.29, 1.82) is 0 Å². The van der Waals surface area contributed by atoms with E-state index in [2.05, 4.69) is 13.0 Å². The van der Waals surface area contributed by atoms with Crippen LogP contribution in [0.25, 0.3) is 6.08 Å². The number of hydrogen-bond donors (Lipinski definition) is 0. The van der Waals surface area contributed by atoms with Gasteiger partial charge in [-0.3, -0.25) is 4.79 Å². The van der Waals surface area contributed by atoms with Crippen LogP contribution in [0, 0.1) is 11.8 Å². The first-order valence-corrected chi connectivity index (χ1v) is 10.3. The molecule has 144 valence electrons. The Labute approximate surface area is 175 Å². The third kappa shape index (κ3) is 3.74. The normalized spacial score (nSPS) is 25.6. The average Bonchev–Trinajstić information content (AvgIpc) is 3.04. The summed E-state index contributed by atoms with van der Waals surface area (Å²) >= 11 is 12.1. The Balaban J connectivity index is 1.75. The Kier molecular flexibility index (Phi) is 5.31. The first-order chi connectivity index (χ1) is 13.4. The molecule has 1 saturated carbocycles. The lowest BCUT2D eigenvalue weighted by Crippen LogP contribution is -2.32. The monoisotopic (exact) mass is 412 g/mol. The van der Waals surface area contributed by atoms with Gasteiger partial charge < -0.3 is 0 Å². The van der Waals surface area contributed by atoms with Crippen LogP contribution in [0.4, 0.5) is 0 Å². The highest BCUT2D eigenvalue weighted by atomic mass is 35.5. The second-order valence-electron chi connectivity index (χ2n) is 7.72. The largest absolute Gasteiger partial charge is 0.273 e. The van der Waals surface area contributed by atoms with E-state index < -0.39 is 0 Å². The molecule has 2 aromatic carbocycles. The van der Waals surface area contributed by atoms with E-state index in [9.17, 15) is 4.79 Å². The van der Waals surface area contributed by atoms with Crippen molar-refractivity contribution in [2.45, 2.75) is 32.7 Å². The molecule has 0 spiro atoms. The Hall–Kier alpha value is -2.10. The smallest absolute Gasteiger partial charge is 0.240 e. The van der Waals surface area contributed by atoms with Crippen LogP contribution in [0.1, 0.15) is 43.9 Å². The van der Waals surface area contributed by atoms with Crippen molar-refractivity contribution >= 4 is 40.9 Å². The Morgan fingerprint density at radius 3 is 2.29 bits per heavy atom. The van der Waals surface area contributed by atoms with Gasteiger partial charge in [0.05, 0.1) is 11.8 Å². The molecule has 1 amide bonds. The minimum atomic E-state index is -0.0823. The number of nitrogens with zero attached hydrogens (tertiary/aromatic N) is 2. The van der Waals surface area contributed by atoms with E-state index in [-0.39, 0.29) is 17.9 Å². The maximum atomic E-state index is 12.4. The molecule has 4 rings (SSSR count). The van der Waals surface area contributed by atoms with Gasteiger partial charge in [0.1, 0.15) is 0 Å². The van der Waals surface area contributed by atoms with E-state index in [0.29, 0.717) is 10.9 Å². The summed E-state index contributed by atoms with van der Waals surface area (Å²) in [5.74, 6) is 0.664. The maximum Gasteiger partial charge on any atom is 0.240 e. The SMILES string of the molecule is CC(=O)N1N=C2/C(=C\c3ccc(Cl)cc3)C[C@H](C)C[C@H]2[C@@H]1c1ccc(Cl)cc1. The average molecular weight is 413 g/mol. The highest BCUT2D eigenvalue weighted by molar-refractivity contribution is 6.30. The number of rotatable bonds is 2. The molecular formula is C23H22Cl2N2O. The number of carbonyl (C=O) groups is 1. The first kappa shape index (κ1) is 19.2. The van der Waals surface area contributed by atoms with E-state index in [1.807, 2.05) is 48.5 Å². The van der Waals surface area contributed by atoms with E-state index in [1.54, 1.807) is 11.9 Å². The molecule has 1 aliphatic heterocycles. The zero-order chi connectivity index (χ0) is 19.8. The van der Waals surface area contributed by atoms with Gasteiger partial charge in [0.2, 0.25) is 5.91 Å². The fourth-order valence-electron chi connectivity index (χ4n) is 4.30. The van der Waals surface area contributed by atoms with Gasteiger partial charge in [-0.2, -0.15) is 5.10 Å². The van der Waals surface area contributed by atoms with Gasteiger partial charge in [0.15, 0.2) is 0 Å². The fraction of sp³-hybridized carbons (Fsp3) is 0.304. The maximum absolute atomic E-state index is 12.4. The molecule has 2 aromatic rings. The van der Waals surface area contributed by atoms with Gasteiger partial charge in [-0.1, -0.05) is 54.4 Å². The molecule has 0 bridgehead atoms. The molecule has 1 heterocycles. The van der Waals surface area contributed by atoms with Crippen molar-refractivity contribution < 1.29 is 4.79 Å². The van der Waals surface area contributed by atoms with Crippen LogP contribution in [0.15, 0.2) is 59.2 Å². The molecule has 28 heavy (non-hydrogen) atoms. The Morgan fingerprint density at radius 2 is 1.68 bits per heavy atom. The van der Waals surface area contributed by atoms with Crippen molar-refractivity contribution in [3.05, 3.63) is 75.3 Å². The van der Waals surface area contributed by atoms with Gasteiger partial charge in [0, 0.05) is 22.9 Å². The molecule has 5 heteroatoms. The predicted molar refractivity (Wildman–Crippen MR) is 115 cm³/mol. The zero-order valence-corrected chi connectivity index (χ0v) is 17.4. The zero-order valence-electron chi connectivity index (χ0n) is 15.9. The number of allylic oxidation sites excluding steroid dienone is 1. The van der Waals surface area contributed by atoms with Gasteiger partial charge in [-0.15, -0.1) is 0 Å². The van der Waals surface area contributed by atoms with Crippen LogP contribution in [0.3, 0.4) is 0 Å². The summed E-state index contributed by atoms with van der Waals surface area (Å²) in [6, 6.07) is 15.5. The van der Waals surface area contributed by atoms with E-state index in [4.69, 9.17) is 28.3 Å². The third-order valence-electron chi connectivity index (χ3n) is 5.51. The van der Waals surface area contributed by atoms with Crippen LogP contribution in [-0.2, 0) is 4.79 Å². The van der Waals surface area contributed by atoms with Crippen LogP contribution in [0.2, 0.25) is 10.0 Å². The van der Waals surface area contributed by atoms with E-state index in [0.717, 1.165) is 34.7 Å². The lowest BCUT2D eigenvalue weighted by molar-refractivity contribution is -0.131. The van der Waals surface area contributed by atoms with Gasteiger partial charge in [0.25, 0.3) is 0 Å². The summed E-state index contributed by atoms with van der Waals surface area (Å²) in [7, 11) is 0. The molecule has 2 aliphatic rings. The van der Waals surface area contributed by atoms with Crippen molar-refractivity contribution in [3.63, 3.8) is 0 Å². The third-order valence-corrected chi connectivity index (χ3v) is 6.01. The number of hydrazone groups is 1. The van der Waals surface area contributed by atoms with E-state index >= 15 is 0 Å². The van der Waals surface area contributed by atoms with Crippen LogP contribution < -0.4 is 0 Å². The molecule has 0 saturated heterocycles. The summed E-state index contributed by atoms with van der Waals surface area (Å²) < 4.78 is 0. The molecule has 0 aromatic heterocycles. The molecule has 3 nitrogen and oxygen atoms in total. The first-order valence-electron chi connectivity index (χ1n) is 9.52. The van der Waals surface area contributed by atoms with Gasteiger partial charge in [-0.25, -0.2) is 5.01 Å². The van der Waals surface area contributed by atoms with Crippen LogP contribution in [0.5, 0.6) is 0 Å². The number of amides is 1. The van der Waals surface area contributed by atoms with Crippen molar-refractivity contribution in [2.75, 3.05) is 0 Å². The summed E-state index contributed by atoms with van der Waals surface area (Å²) in [5, 5.41) is 7.86. The molecule has 0 N–H and O–H groups in total. The molecule has 1 fully saturated rings. The highest BCUT2D eigenvalue weighted by Crippen LogP contribution is 2.46. The minimum Gasteiger partial charge on any atom is -0.273 e. The molecule has 0 radical (unpaired) electrons. The number of carbonyl (C=O) groups excluding carboxylic acids is 1. The van der Waals surface area contributed by atoms with Crippen LogP contribution >= 0.6 is 23.2 Å². The molecule has 1 aliphatic carbocycles. The van der Waals surface area contributed by atoms with Crippen molar-refractivity contribution in [3.8, 4) is 0 Å². The molecule has 3 atom stereocenters. The molecule has 0 unspecified atom stereocenters. The topological polar surface area (TPSA) is 32.7 Å². The highest BCUT2D eigenvalue weighted by Gasteiger charge is 2.44.